The first kappa shape index (κ1) is 36.8. The normalized spacial score (nSPS) is 24.1. The van der Waals surface area contributed by atoms with Crippen LogP contribution in [0.2, 0.25) is 0 Å². The first-order chi connectivity index (χ1) is 24.0. The maximum absolute atomic E-state index is 14.5. The Morgan fingerprint density at radius 1 is 1.12 bits per heavy atom. The van der Waals surface area contributed by atoms with E-state index in [1.54, 1.807) is 11.1 Å². The maximum atomic E-state index is 14.5. The fourth-order valence-electron chi connectivity index (χ4n) is 7.82. The van der Waals surface area contributed by atoms with E-state index in [0.29, 0.717) is 44.5 Å². The van der Waals surface area contributed by atoms with Crippen molar-refractivity contribution in [2.24, 2.45) is 5.41 Å². The van der Waals surface area contributed by atoms with Crippen LogP contribution in [0.4, 0.5) is 10.2 Å². The van der Waals surface area contributed by atoms with Crippen LogP contribution < -0.4 is 14.4 Å². The van der Waals surface area contributed by atoms with E-state index < -0.39 is 16.0 Å². The van der Waals surface area contributed by atoms with Gasteiger partial charge in [-0.15, -0.1) is 0 Å². The van der Waals surface area contributed by atoms with Gasteiger partial charge >= 0.3 is 0 Å². The molecule has 15 heteroatoms. The van der Waals surface area contributed by atoms with Gasteiger partial charge in [-0.2, -0.15) is 17.4 Å². The van der Waals surface area contributed by atoms with E-state index >= 15 is 0 Å². The third-order valence-corrected chi connectivity index (χ3v) is 12.4. The first-order valence-electron chi connectivity index (χ1n) is 18.0. The summed E-state index contributed by atoms with van der Waals surface area (Å²) in [5.41, 5.74) is 0.337. The minimum Gasteiger partial charge on any atom is -0.451 e. The van der Waals surface area contributed by atoms with Crippen LogP contribution in [0.1, 0.15) is 70.2 Å². The third-order valence-electron chi connectivity index (χ3n) is 10.6. The number of rotatable bonds is 13. The lowest BCUT2D eigenvalue weighted by Crippen LogP contribution is -2.61. The standard InChI is InChI=1S/C35H52FN7O6S/c1-5-42(6-2)50(45,46)39-27-8-9-29(48-20-27)19-40-14-12-35(13-15-40)22-41(23-35)33-32(18-37-24-38-33)49-31-10-7-26(36)17-30(31)34(44)43(25(3)4)28-11-16-47-21-28/h7,10,17-18,24-25,27-29,39H,5-6,8-9,11-16,19-23H2,1-4H3/t27-,28+,29+/m1/s1. The number of hydrogen-bond acceptors (Lipinski definition) is 10. The van der Waals surface area contributed by atoms with E-state index in [9.17, 15) is 17.6 Å². The second-order valence-corrected chi connectivity index (χ2v) is 16.1. The summed E-state index contributed by atoms with van der Waals surface area (Å²) in [6.07, 6.45) is 7.62. The summed E-state index contributed by atoms with van der Waals surface area (Å²) in [7, 11) is -3.50. The zero-order valence-electron chi connectivity index (χ0n) is 29.7. The number of benzene rings is 1. The summed E-state index contributed by atoms with van der Waals surface area (Å²) in [6, 6.07) is 3.66. The Morgan fingerprint density at radius 2 is 1.88 bits per heavy atom. The number of carbonyl (C=O) groups excluding carboxylic acids is 1. The zero-order chi connectivity index (χ0) is 35.5. The highest BCUT2D eigenvalue weighted by molar-refractivity contribution is 7.87. The molecule has 0 bridgehead atoms. The molecule has 1 N–H and O–H groups in total. The minimum atomic E-state index is -3.50. The molecule has 4 aliphatic rings. The zero-order valence-corrected chi connectivity index (χ0v) is 30.5. The smallest absolute Gasteiger partial charge is 0.279 e. The van der Waals surface area contributed by atoms with Crippen molar-refractivity contribution in [3.63, 3.8) is 0 Å². The average Bonchev–Trinajstić information content (AvgIpc) is 3.61. The molecule has 50 heavy (non-hydrogen) atoms. The molecule has 4 saturated heterocycles. The highest BCUT2D eigenvalue weighted by Crippen LogP contribution is 2.45. The fraction of sp³-hybridized carbons (Fsp3) is 0.686. The Bertz CT molecular complexity index is 1560. The third kappa shape index (κ3) is 8.23. The molecular weight excluding hydrogens is 665 g/mol. The van der Waals surface area contributed by atoms with Crippen molar-refractivity contribution in [2.75, 3.05) is 70.5 Å². The van der Waals surface area contributed by atoms with Crippen LogP contribution in [0.5, 0.6) is 11.5 Å². The van der Waals surface area contributed by atoms with Crippen molar-refractivity contribution in [1.29, 1.82) is 0 Å². The molecule has 3 atom stereocenters. The Kier molecular flexibility index (Phi) is 11.6. The molecule has 1 aromatic carbocycles. The van der Waals surface area contributed by atoms with E-state index in [1.807, 2.05) is 27.7 Å². The Labute approximate surface area is 295 Å². The largest absolute Gasteiger partial charge is 0.451 e. The van der Waals surface area contributed by atoms with Crippen molar-refractivity contribution in [3.8, 4) is 11.5 Å². The van der Waals surface area contributed by atoms with E-state index in [0.717, 1.165) is 64.8 Å². The lowest BCUT2D eigenvalue weighted by atomic mass is 9.72. The molecule has 0 radical (unpaired) electrons. The summed E-state index contributed by atoms with van der Waals surface area (Å²) in [6.45, 7) is 14.4. The summed E-state index contributed by atoms with van der Waals surface area (Å²) >= 11 is 0. The molecule has 4 aliphatic heterocycles. The number of hydrogen-bond donors (Lipinski definition) is 1. The first-order valence-corrected chi connectivity index (χ1v) is 19.5. The Balaban J connectivity index is 1.02. The van der Waals surface area contributed by atoms with Crippen molar-refractivity contribution in [3.05, 3.63) is 42.1 Å². The summed E-state index contributed by atoms with van der Waals surface area (Å²) < 4.78 is 62.0. The van der Waals surface area contributed by atoms with Crippen molar-refractivity contribution < 1.29 is 31.8 Å². The van der Waals surface area contributed by atoms with Crippen LogP contribution >= 0.6 is 0 Å². The van der Waals surface area contributed by atoms with Gasteiger partial charge in [0.2, 0.25) is 0 Å². The predicted molar refractivity (Wildman–Crippen MR) is 187 cm³/mol. The highest BCUT2D eigenvalue weighted by atomic mass is 32.2. The van der Waals surface area contributed by atoms with Gasteiger partial charge in [0.05, 0.1) is 37.1 Å². The summed E-state index contributed by atoms with van der Waals surface area (Å²) in [4.78, 5) is 29.0. The molecule has 1 spiro atoms. The van der Waals surface area contributed by atoms with Gasteiger partial charge in [0.25, 0.3) is 16.1 Å². The topological polar surface area (TPSA) is 130 Å². The summed E-state index contributed by atoms with van der Waals surface area (Å²) in [5, 5.41) is 0. The quantitative estimate of drug-likeness (QED) is 0.328. The molecule has 0 aliphatic carbocycles. The number of ether oxygens (including phenoxy) is 3. The van der Waals surface area contributed by atoms with Gasteiger partial charge in [-0.25, -0.2) is 14.4 Å². The number of nitrogens with zero attached hydrogens (tertiary/aromatic N) is 6. The number of halogens is 1. The molecule has 2 aromatic rings. The van der Waals surface area contributed by atoms with Crippen LogP contribution in [-0.2, 0) is 19.7 Å². The van der Waals surface area contributed by atoms with Crippen molar-refractivity contribution in [2.45, 2.75) is 84.0 Å². The molecule has 0 unspecified atom stereocenters. The van der Waals surface area contributed by atoms with Crippen LogP contribution in [-0.4, -0.2) is 128 Å². The average molecular weight is 718 g/mol. The van der Waals surface area contributed by atoms with Crippen LogP contribution in [0.25, 0.3) is 0 Å². The van der Waals surface area contributed by atoms with Crippen LogP contribution in [0.3, 0.4) is 0 Å². The van der Waals surface area contributed by atoms with Gasteiger partial charge in [-0.05, 0) is 77.2 Å². The molecule has 4 fully saturated rings. The lowest BCUT2D eigenvalue weighted by Gasteiger charge is -2.54. The lowest BCUT2D eigenvalue weighted by molar-refractivity contribution is -0.0301. The number of likely N-dealkylation sites (tertiary alicyclic amines) is 1. The molecule has 1 amide bonds. The molecule has 13 nitrogen and oxygen atoms in total. The van der Waals surface area contributed by atoms with Crippen LogP contribution in [0, 0.1) is 11.2 Å². The van der Waals surface area contributed by atoms with E-state index in [4.69, 9.17) is 14.2 Å². The minimum absolute atomic E-state index is 0.0773. The van der Waals surface area contributed by atoms with Crippen LogP contribution in [0.15, 0.2) is 30.7 Å². The SMILES string of the molecule is CCN(CC)S(=O)(=O)N[C@@H]1CC[C@@H](CN2CCC3(CC2)CN(c2ncncc2Oc2ccc(F)cc2C(=O)N(C(C)C)[C@H]2CCOC2)C3)OC1. The van der Waals surface area contributed by atoms with Gasteiger partial charge < -0.3 is 28.9 Å². The van der Waals surface area contributed by atoms with Crippen molar-refractivity contribution in [1.82, 2.24) is 28.8 Å². The fourth-order valence-corrected chi connectivity index (χ4v) is 9.25. The Morgan fingerprint density at radius 3 is 2.52 bits per heavy atom. The van der Waals surface area contributed by atoms with E-state index in [-0.39, 0.29) is 46.9 Å². The van der Waals surface area contributed by atoms with Gasteiger partial charge in [0, 0.05) is 56.8 Å². The predicted octanol–water partition coefficient (Wildman–Crippen LogP) is 3.67. The van der Waals surface area contributed by atoms with Gasteiger partial charge in [0.15, 0.2) is 11.6 Å². The Hall–Kier alpha value is -2.95. The molecular formula is C35H52FN7O6S. The van der Waals surface area contributed by atoms with E-state index in [2.05, 4.69) is 24.5 Å². The molecule has 0 saturated carbocycles. The maximum Gasteiger partial charge on any atom is 0.279 e. The van der Waals surface area contributed by atoms with E-state index in [1.165, 1.54) is 28.8 Å². The van der Waals surface area contributed by atoms with Gasteiger partial charge in [-0.1, -0.05) is 13.8 Å². The number of carbonyl (C=O) groups is 1. The molecule has 6 rings (SSSR count). The molecule has 1 aromatic heterocycles. The number of nitrogens with one attached hydrogen (secondary N) is 1. The number of piperidine rings is 1. The molecule has 276 valence electrons. The van der Waals surface area contributed by atoms with Gasteiger partial charge in [-0.3, -0.25) is 4.79 Å². The summed E-state index contributed by atoms with van der Waals surface area (Å²) in [5.74, 6) is 0.537. The molecule has 5 heterocycles. The van der Waals surface area contributed by atoms with Gasteiger partial charge in [0.1, 0.15) is 17.9 Å². The number of anilines is 1. The second kappa shape index (κ2) is 15.7. The second-order valence-electron chi connectivity index (χ2n) is 14.4. The number of aromatic nitrogens is 2. The monoisotopic (exact) mass is 717 g/mol. The van der Waals surface area contributed by atoms with Crippen molar-refractivity contribution >= 4 is 21.9 Å². The highest BCUT2D eigenvalue weighted by Gasteiger charge is 2.46. The number of amides is 1.